The van der Waals surface area contributed by atoms with Crippen LogP contribution >= 0.6 is 0 Å². The molecule has 0 heterocycles. The van der Waals surface area contributed by atoms with Crippen LogP contribution in [0.1, 0.15) is 16.7 Å². The quantitative estimate of drug-likeness (QED) is 0.531. The molecule has 160 valence electrons. The minimum atomic E-state index is -0.609. The normalized spacial score (nSPS) is 11.9. The molecule has 0 atom stereocenters. The molecule has 0 saturated carbocycles. The topological polar surface area (TPSA) is 26.7 Å². The highest BCUT2D eigenvalue weighted by Gasteiger charge is 2.25. The SMILES string of the molecule is CN(C)c1ccc(/C=C/C(/C=C/c2ccc(N(C)C)cc2)(CO)c2ccccc2)cc1. The van der Waals surface area contributed by atoms with E-state index in [-0.39, 0.29) is 6.61 Å². The molecule has 0 fully saturated rings. The van der Waals surface area contributed by atoms with Crippen LogP contribution in [-0.4, -0.2) is 39.9 Å². The Morgan fingerprint density at radius 2 is 1.06 bits per heavy atom. The number of aliphatic hydroxyl groups is 1. The summed E-state index contributed by atoms with van der Waals surface area (Å²) in [5, 5.41) is 10.5. The predicted octanol–water partition coefficient (Wildman–Crippen LogP) is 5.48. The first-order valence-corrected chi connectivity index (χ1v) is 10.5. The lowest BCUT2D eigenvalue weighted by molar-refractivity contribution is 0.252. The number of aliphatic hydroxyl groups excluding tert-OH is 1. The van der Waals surface area contributed by atoms with E-state index in [4.69, 9.17) is 0 Å². The first-order chi connectivity index (χ1) is 14.9. The molecule has 3 rings (SSSR count). The Morgan fingerprint density at radius 3 is 1.42 bits per heavy atom. The second-order valence-electron chi connectivity index (χ2n) is 8.20. The zero-order valence-corrected chi connectivity index (χ0v) is 18.9. The number of anilines is 2. The molecule has 0 spiro atoms. The third kappa shape index (κ3) is 5.65. The third-order valence-corrected chi connectivity index (χ3v) is 5.54. The van der Waals surface area contributed by atoms with Gasteiger partial charge in [0.05, 0.1) is 12.0 Å². The highest BCUT2D eigenvalue weighted by atomic mass is 16.3. The van der Waals surface area contributed by atoms with Crippen LogP contribution in [0.25, 0.3) is 12.2 Å². The van der Waals surface area contributed by atoms with Gasteiger partial charge in [-0.25, -0.2) is 0 Å². The molecule has 0 aliphatic heterocycles. The Bertz CT molecular complexity index is 940. The highest BCUT2D eigenvalue weighted by molar-refractivity contribution is 5.62. The maximum absolute atomic E-state index is 10.5. The van der Waals surface area contributed by atoms with Gasteiger partial charge in [-0.2, -0.15) is 0 Å². The van der Waals surface area contributed by atoms with Gasteiger partial charge in [-0.1, -0.05) is 78.9 Å². The van der Waals surface area contributed by atoms with Gasteiger partial charge >= 0.3 is 0 Å². The van der Waals surface area contributed by atoms with E-state index in [1.807, 2.05) is 46.4 Å². The zero-order valence-electron chi connectivity index (χ0n) is 18.9. The maximum atomic E-state index is 10.5. The van der Waals surface area contributed by atoms with Crippen molar-refractivity contribution < 1.29 is 5.11 Å². The molecular weight excluding hydrogens is 380 g/mol. The Balaban J connectivity index is 1.95. The monoisotopic (exact) mass is 412 g/mol. The van der Waals surface area contributed by atoms with E-state index in [1.165, 1.54) is 0 Å². The van der Waals surface area contributed by atoms with Crippen LogP contribution in [0.4, 0.5) is 11.4 Å². The summed E-state index contributed by atoms with van der Waals surface area (Å²) in [6, 6.07) is 27.0. The van der Waals surface area contributed by atoms with Gasteiger partial charge in [0, 0.05) is 39.6 Å². The van der Waals surface area contributed by atoms with Gasteiger partial charge in [0.15, 0.2) is 0 Å². The molecule has 0 aromatic heterocycles. The molecule has 3 aromatic carbocycles. The second-order valence-corrected chi connectivity index (χ2v) is 8.20. The van der Waals surface area contributed by atoms with Gasteiger partial charge in [-0.15, -0.1) is 0 Å². The molecule has 3 heteroatoms. The van der Waals surface area contributed by atoms with Gasteiger partial charge < -0.3 is 14.9 Å². The summed E-state index contributed by atoms with van der Waals surface area (Å²) in [6.45, 7) is -0.0183. The number of nitrogens with zero attached hydrogens (tertiary/aromatic N) is 2. The third-order valence-electron chi connectivity index (χ3n) is 5.54. The van der Waals surface area contributed by atoms with Crippen LogP contribution in [0.2, 0.25) is 0 Å². The Morgan fingerprint density at radius 1 is 0.645 bits per heavy atom. The fourth-order valence-corrected chi connectivity index (χ4v) is 3.45. The number of rotatable bonds is 8. The van der Waals surface area contributed by atoms with Crippen molar-refractivity contribution in [2.45, 2.75) is 5.41 Å². The minimum Gasteiger partial charge on any atom is -0.395 e. The molecule has 0 aliphatic carbocycles. The average Bonchev–Trinajstić information content (AvgIpc) is 2.80. The summed E-state index contributed by atoms with van der Waals surface area (Å²) in [6.07, 6.45) is 8.36. The zero-order chi connectivity index (χ0) is 22.3. The standard InChI is InChI=1S/C28H32N2O/c1-29(2)26-14-10-23(11-15-26)18-20-28(22-31,25-8-6-5-7-9-25)21-19-24-12-16-27(17-13-24)30(3)4/h5-21,31H,22H2,1-4H3/b20-18+,21-19+. The summed E-state index contributed by atoms with van der Waals surface area (Å²) >= 11 is 0. The second kappa shape index (κ2) is 10.1. The maximum Gasteiger partial charge on any atom is 0.0598 e. The van der Waals surface area contributed by atoms with Crippen LogP contribution in [0, 0.1) is 0 Å². The molecule has 3 nitrogen and oxygen atoms in total. The summed E-state index contributed by atoms with van der Waals surface area (Å²) in [4.78, 5) is 4.17. The van der Waals surface area contributed by atoms with Gasteiger partial charge in [-0.3, -0.25) is 0 Å². The van der Waals surface area contributed by atoms with Gasteiger partial charge in [0.2, 0.25) is 0 Å². The molecule has 0 saturated heterocycles. The van der Waals surface area contributed by atoms with Crippen molar-refractivity contribution in [3.63, 3.8) is 0 Å². The minimum absolute atomic E-state index is 0.0183. The predicted molar refractivity (Wildman–Crippen MR) is 135 cm³/mol. The van der Waals surface area contributed by atoms with Crippen molar-refractivity contribution in [2.24, 2.45) is 0 Å². The first kappa shape index (κ1) is 22.4. The summed E-state index contributed by atoms with van der Waals surface area (Å²) in [5.74, 6) is 0. The summed E-state index contributed by atoms with van der Waals surface area (Å²) in [5.41, 5.74) is 4.97. The molecule has 0 radical (unpaired) electrons. The molecule has 0 aliphatic rings. The number of benzene rings is 3. The lowest BCUT2D eigenvalue weighted by Gasteiger charge is -2.26. The van der Waals surface area contributed by atoms with Gasteiger partial charge in [0.25, 0.3) is 0 Å². The average molecular weight is 413 g/mol. The molecule has 1 N–H and O–H groups in total. The Labute approximate surface area is 186 Å². The van der Waals surface area contributed by atoms with E-state index in [0.717, 1.165) is 28.1 Å². The van der Waals surface area contributed by atoms with E-state index >= 15 is 0 Å². The van der Waals surface area contributed by atoms with Crippen LogP contribution in [0.3, 0.4) is 0 Å². The number of hydrogen-bond donors (Lipinski definition) is 1. The van der Waals surface area contributed by atoms with E-state index < -0.39 is 5.41 Å². The fraction of sp³-hybridized carbons (Fsp3) is 0.214. The van der Waals surface area contributed by atoms with Gasteiger partial charge in [-0.05, 0) is 41.0 Å². The van der Waals surface area contributed by atoms with Gasteiger partial charge in [0.1, 0.15) is 0 Å². The van der Waals surface area contributed by atoms with Crippen molar-refractivity contribution in [3.8, 4) is 0 Å². The van der Waals surface area contributed by atoms with Crippen LogP contribution in [0.5, 0.6) is 0 Å². The van der Waals surface area contributed by atoms with Crippen molar-refractivity contribution in [1.82, 2.24) is 0 Å². The lowest BCUT2D eigenvalue weighted by atomic mass is 9.79. The fourth-order valence-electron chi connectivity index (χ4n) is 3.45. The van der Waals surface area contributed by atoms with Crippen LogP contribution in [0.15, 0.2) is 91.0 Å². The summed E-state index contributed by atoms with van der Waals surface area (Å²) in [7, 11) is 8.14. The molecule has 31 heavy (non-hydrogen) atoms. The number of hydrogen-bond acceptors (Lipinski definition) is 3. The van der Waals surface area contributed by atoms with Crippen molar-refractivity contribution in [3.05, 3.63) is 108 Å². The molecular formula is C28H32N2O. The van der Waals surface area contributed by atoms with E-state index in [1.54, 1.807) is 0 Å². The molecule has 0 bridgehead atoms. The van der Waals surface area contributed by atoms with Crippen molar-refractivity contribution >= 4 is 23.5 Å². The summed E-state index contributed by atoms with van der Waals surface area (Å²) < 4.78 is 0. The first-order valence-electron chi connectivity index (χ1n) is 10.5. The van der Waals surface area contributed by atoms with Crippen LogP contribution < -0.4 is 9.80 Å². The highest BCUT2D eigenvalue weighted by Crippen LogP contribution is 2.30. The smallest absolute Gasteiger partial charge is 0.0598 e. The molecule has 3 aromatic rings. The largest absolute Gasteiger partial charge is 0.395 e. The van der Waals surface area contributed by atoms with Crippen molar-refractivity contribution in [1.29, 1.82) is 0 Å². The van der Waals surface area contributed by atoms with E-state index in [0.29, 0.717) is 0 Å². The van der Waals surface area contributed by atoms with E-state index in [2.05, 4.69) is 94.8 Å². The van der Waals surface area contributed by atoms with E-state index in [9.17, 15) is 5.11 Å². The molecule has 0 amide bonds. The Hall–Kier alpha value is -3.30. The Kier molecular flexibility index (Phi) is 7.32. The molecule has 0 unspecified atom stereocenters. The van der Waals surface area contributed by atoms with Crippen LogP contribution in [-0.2, 0) is 5.41 Å². The van der Waals surface area contributed by atoms with Crippen molar-refractivity contribution in [2.75, 3.05) is 44.6 Å². The lowest BCUT2D eigenvalue weighted by Crippen LogP contribution is -2.25.